The van der Waals surface area contributed by atoms with Crippen LogP contribution in [0.15, 0.2) is 36.4 Å². The summed E-state index contributed by atoms with van der Waals surface area (Å²) in [6.45, 7) is 6.96. The summed E-state index contributed by atoms with van der Waals surface area (Å²) in [7, 11) is 3.94. The first-order chi connectivity index (χ1) is 11.5. The maximum atomic E-state index is 12.8. The van der Waals surface area contributed by atoms with Gasteiger partial charge in [0.1, 0.15) is 0 Å². The van der Waals surface area contributed by atoms with Crippen molar-refractivity contribution in [1.29, 1.82) is 0 Å². The summed E-state index contributed by atoms with van der Waals surface area (Å²) in [4.78, 5) is 17.1. The third kappa shape index (κ3) is 3.18. The summed E-state index contributed by atoms with van der Waals surface area (Å²) in [5.74, 6) is 0.665. The minimum Gasteiger partial charge on any atom is -0.371 e. The van der Waals surface area contributed by atoms with E-state index in [4.69, 9.17) is 0 Å². The Morgan fingerprint density at radius 2 is 1.96 bits per heavy atom. The number of carbonyl (C=O) groups is 1. The highest BCUT2D eigenvalue weighted by Crippen LogP contribution is 2.24. The molecule has 1 aliphatic heterocycles. The molecular weight excluding hydrogens is 298 g/mol. The van der Waals surface area contributed by atoms with Gasteiger partial charge in [-0.3, -0.25) is 4.79 Å². The Hall–Kier alpha value is -2.23. The van der Waals surface area contributed by atoms with Crippen molar-refractivity contribution >= 4 is 11.6 Å². The van der Waals surface area contributed by atoms with Crippen LogP contribution >= 0.6 is 0 Å². The smallest absolute Gasteiger partial charge is 0.255 e. The van der Waals surface area contributed by atoms with E-state index in [1.165, 1.54) is 5.69 Å². The third-order valence-electron chi connectivity index (χ3n) is 5.29. The number of carbonyl (C=O) groups excluding carboxylic acids is 1. The lowest BCUT2D eigenvalue weighted by Gasteiger charge is -2.22. The fourth-order valence-electron chi connectivity index (χ4n) is 3.60. The largest absolute Gasteiger partial charge is 0.371 e. The summed E-state index contributed by atoms with van der Waals surface area (Å²) in [6.07, 6.45) is 1.14. The number of nitrogens with zero attached hydrogens (tertiary/aromatic N) is 3. The second-order valence-corrected chi connectivity index (χ2v) is 6.97. The van der Waals surface area contributed by atoms with Crippen molar-refractivity contribution in [2.75, 3.05) is 31.6 Å². The van der Waals surface area contributed by atoms with Crippen molar-refractivity contribution in [3.63, 3.8) is 0 Å². The highest BCUT2D eigenvalue weighted by Gasteiger charge is 2.26. The number of amides is 1. The fraction of sp³-hybridized carbons (Fsp3) is 0.450. The summed E-state index contributed by atoms with van der Waals surface area (Å²) in [5, 5.41) is 0. The van der Waals surface area contributed by atoms with Crippen molar-refractivity contribution in [3.05, 3.63) is 53.3 Å². The van der Waals surface area contributed by atoms with E-state index in [1.807, 2.05) is 45.0 Å². The standard InChI is InChI=1S/C20H27N3O/c1-15-12-19(16(2)22(15)4)20(24)21(3)13-17-10-11-23(14-17)18-8-6-5-7-9-18/h5-9,12,17H,10-11,13-14H2,1-4H3. The van der Waals surface area contributed by atoms with Gasteiger partial charge in [-0.15, -0.1) is 0 Å². The minimum absolute atomic E-state index is 0.134. The molecule has 0 saturated carbocycles. The molecule has 2 heterocycles. The Kier molecular flexibility index (Phi) is 4.65. The number of hydrogen-bond acceptors (Lipinski definition) is 2. The summed E-state index contributed by atoms with van der Waals surface area (Å²) < 4.78 is 2.08. The van der Waals surface area contributed by atoms with Crippen LogP contribution in [-0.4, -0.2) is 42.1 Å². The Morgan fingerprint density at radius 3 is 2.58 bits per heavy atom. The van der Waals surface area contributed by atoms with Gasteiger partial charge in [0.05, 0.1) is 5.56 Å². The van der Waals surface area contributed by atoms with Crippen molar-refractivity contribution in [2.45, 2.75) is 20.3 Å². The molecule has 2 aromatic rings. The van der Waals surface area contributed by atoms with Crippen LogP contribution < -0.4 is 4.90 Å². The van der Waals surface area contributed by atoms with Gasteiger partial charge in [-0.1, -0.05) is 18.2 Å². The highest BCUT2D eigenvalue weighted by molar-refractivity contribution is 5.95. The molecule has 24 heavy (non-hydrogen) atoms. The van der Waals surface area contributed by atoms with Crippen LogP contribution in [0.4, 0.5) is 5.69 Å². The highest BCUT2D eigenvalue weighted by atomic mass is 16.2. The molecule has 0 radical (unpaired) electrons. The number of anilines is 1. The molecule has 1 aromatic carbocycles. The number of benzene rings is 1. The molecule has 4 heteroatoms. The van der Waals surface area contributed by atoms with Crippen molar-refractivity contribution < 1.29 is 4.79 Å². The van der Waals surface area contributed by atoms with E-state index in [9.17, 15) is 4.79 Å². The van der Waals surface area contributed by atoms with E-state index in [2.05, 4.69) is 33.7 Å². The zero-order valence-corrected chi connectivity index (χ0v) is 15.1. The number of rotatable bonds is 4. The molecule has 1 aliphatic rings. The monoisotopic (exact) mass is 325 g/mol. The van der Waals surface area contributed by atoms with E-state index < -0.39 is 0 Å². The minimum atomic E-state index is 0.134. The van der Waals surface area contributed by atoms with Crippen LogP contribution in [0.1, 0.15) is 28.2 Å². The molecule has 1 unspecified atom stereocenters. The Labute approximate surface area is 144 Å². The van der Waals surface area contributed by atoms with E-state index in [1.54, 1.807) is 0 Å². The second kappa shape index (κ2) is 6.71. The topological polar surface area (TPSA) is 28.5 Å². The lowest BCUT2D eigenvalue weighted by molar-refractivity contribution is 0.0775. The van der Waals surface area contributed by atoms with Crippen LogP contribution in [0.5, 0.6) is 0 Å². The number of aryl methyl sites for hydroxylation is 1. The van der Waals surface area contributed by atoms with Crippen LogP contribution in [0.2, 0.25) is 0 Å². The lowest BCUT2D eigenvalue weighted by Crippen LogP contribution is -2.33. The van der Waals surface area contributed by atoms with Crippen LogP contribution in [-0.2, 0) is 7.05 Å². The van der Waals surface area contributed by atoms with Crippen LogP contribution in [0.3, 0.4) is 0 Å². The van der Waals surface area contributed by atoms with Crippen molar-refractivity contribution in [3.8, 4) is 0 Å². The summed E-state index contributed by atoms with van der Waals surface area (Å²) in [6, 6.07) is 12.5. The van der Waals surface area contributed by atoms with E-state index in [-0.39, 0.29) is 5.91 Å². The predicted octanol–water partition coefficient (Wildman–Crippen LogP) is 3.24. The van der Waals surface area contributed by atoms with Gasteiger partial charge < -0.3 is 14.4 Å². The Balaban J connectivity index is 1.62. The zero-order chi connectivity index (χ0) is 17.3. The normalized spacial score (nSPS) is 17.3. The number of hydrogen-bond donors (Lipinski definition) is 0. The molecule has 128 valence electrons. The molecule has 0 spiro atoms. The molecule has 1 amide bonds. The summed E-state index contributed by atoms with van der Waals surface area (Å²) >= 11 is 0. The molecule has 0 N–H and O–H groups in total. The van der Waals surface area contributed by atoms with Gasteiger partial charge >= 0.3 is 0 Å². The first-order valence-corrected chi connectivity index (χ1v) is 8.65. The lowest BCUT2D eigenvalue weighted by atomic mass is 10.1. The van der Waals surface area contributed by atoms with Crippen LogP contribution in [0.25, 0.3) is 0 Å². The van der Waals surface area contributed by atoms with Gasteiger partial charge in [-0.2, -0.15) is 0 Å². The predicted molar refractivity (Wildman–Crippen MR) is 98.6 cm³/mol. The summed E-state index contributed by atoms with van der Waals surface area (Å²) in [5.41, 5.74) is 4.28. The first-order valence-electron chi connectivity index (χ1n) is 8.65. The first kappa shape index (κ1) is 16.6. The molecule has 1 saturated heterocycles. The molecule has 0 aliphatic carbocycles. The molecule has 1 aromatic heterocycles. The average molecular weight is 325 g/mol. The SMILES string of the molecule is Cc1cc(C(=O)N(C)CC2CCN(c3ccccc3)C2)c(C)n1C. The second-order valence-electron chi connectivity index (χ2n) is 6.97. The molecule has 3 rings (SSSR count). The third-order valence-corrected chi connectivity index (χ3v) is 5.29. The average Bonchev–Trinajstić information content (AvgIpc) is 3.15. The number of aromatic nitrogens is 1. The maximum Gasteiger partial charge on any atom is 0.255 e. The molecular formula is C20H27N3O. The fourth-order valence-corrected chi connectivity index (χ4v) is 3.60. The molecule has 0 bridgehead atoms. The van der Waals surface area contributed by atoms with Gasteiger partial charge in [0.25, 0.3) is 5.91 Å². The van der Waals surface area contributed by atoms with Crippen LogP contribution in [0, 0.1) is 19.8 Å². The Bertz CT molecular complexity index is 720. The zero-order valence-electron chi connectivity index (χ0n) is 15.1. The van der Waals surface area contributed by atoms with Gasteiger partial charge in [-0.25, -0.2) is 0 Å². The van der Waals surface area contributed by atoms with Gasteiger partial charge in [0.15, 0.2) is 0 Å². The quantitative estimate of drug-likeness (QED) is 0.863. The van der Waals surface area contributed by atoms with E-state index >= 15 is 0 Å². The molecule has 1 fully saturated rings. The van der Waals surface area contributed by atoms with Crippen molar-refractivity contribution in [1.82, 2.24) is 9.47 Å². The van der Waals surface area contributed by atoms with Crippen molar-refractivity contribution in [2.24, 2.45) is 13.0 Å². The van der Waals surface area contributed by atoms with Gasteiger partial charge in [-0.05, 0) is 44.4 Å². The maximum absolute atomic E-state index is 12.8. The van der Waals surface area contributed by atoms with Gasteiger partial charge in [0.2, 0.25) is 0 Å². The molecule has 1 atom stereocenters. The number of para-hydroxylation sites is 1. The Morgan fingerprint density at radius 1 is 1.25 bits per heavy atom. The van der Waals surface area contributed by atoms with Gasteiger partial charge in [0, 0.05) is 50.8 Å². The van der Waals surface area contributed by atoms with E-state index in [0.717, 1.165) is 43.0 Å². The van der Waals surface area contributed by atoms with E-state index in [0.29, 0.717) is 5.92 Å². The molecule has 4 nitrogen and oxygen atoms in total.